The van der Waals surface area contributed by atoms with Gasteiger partial charge in [-0.25, -0.2) is 5.10 Å². The molecule has 0 aliphatic carbocycles. The van der Waals surface area contributed by atoms with Crippen LogP contribution in [0, 0.1) is 25.2 Å². The highest BCUT2D eigenvalue weighted by Crippen LogP contribution is 2.40. The number of nitriles is 1. The van der Waals surface area contributed by atoms with Gasteiger partial charge < -0.3 is 10.8 Å². The summed E-state index contributed by atoms with van der Waals surface area (Å²) in [5.74, 6) is 0.179. The molecule has 0 atom stereocenters. The Balaban J connectivity index is 2.14. The number of nitrogen functional groups attached to an aromatic ring is 1. The van der Waals surface area contributed by atoms with Crippen LogP contribution >= 0.6 is 15.9 Å². The zero-order valence-electron chi connectivity index (χ0n) is 15.3. The van der Waals surface area contributed by atoms with E-state index in [1.807, 2.05) is 42.8 Å². The Labute approximate surface area is 170 Å². The number of halogens is 1. The number of pyridine rings is 1. The van der Waals surface area contributed by atoms with E-state index in [0.717, 1.165) is 26.8 Å². The maximum Gasteiger partial charge on any atom is 0.359 e. The normalized spacial score (nSPS) is 10.9. The van der Waals surface area contributed by atoms with Crippen molar-refractivity contribution in [3.05, 3.63) is 63.8 Å². The van der Waals surface area contributed by atoms with Crippen LogP contribution in [-0.4, -0.2) is 15.2 Å². The predicted octanol–water partition coefficient (Wildman–Crippen LogP) is 4.05. The average Bonchev–Trinajstić information content (AvgIpc) is 2.99. The van der Waals surface area contributed by atoms with Crippen LogP contribution in [0.25, 0.3) is 27.8 Å². The Hall–Kier alpha value is -3.37. The van der Waals surface area contributed by atoms with E-state index in [4.69, 9.17) is 5.73 Å². The molecule has 0 aliphatic rings. The number of anilines is 1. The number of phenols is 1. The number of hydrogen-bond donors (Lipinski definition) is 3. The number of aromatic amines is 1. The van der Waals surface area contributed by atoms with Crippen molar-refractivity contribution in [1.29, 1.82) is 5.26 Å². The first-order valence-corrected chi connectivity index (χ1v) is 9.40. The summed E-state index contributed by atoms with van der Waals surface area (Å²) in [5, 5.41) is 24.3. The van der Waals surface area contributed by atoms with Crippen molar-refractivity contribution < 1.29 is 9.79 Å². The molecule has 2 aromatic heterocycles. The Bertz CT molecular complexity index is 1270. The summed E-state index contributed by atoms with van der Waals surface area (Å²) in [6.45, 7) is 3.93. The molecule has 0 bridgehead atoms. The number of rotatable bonds is 2. The molecule has 2 heterocycles. The van der Waals surface area contributed by atoms with Crippen molar-refractivity contribution in [1.82, 2.24) is 10.1 Å². The second-order valence-electron chi connectivity index (χ2n) is 6.63. The molecule has 0 unspecified atom stereocenters. The summed E-state index contributed by atoms with van der Waals surface area (Å²) in [5.41, 5.74) is 10.9. The molecule has 6 nitrogen and oxygen atoms in total. The van der Waals surface area contributed by atoms with E-state index in [1.165, 1.54) is 0 Å². The van der Waals surface area contributed by atoms with Crippen molar-refractivity contribution in [2.45, 2.75) is 13.8 Å². The second kappa shape index (κ2) is 6.66. The number of fused-ring (bicyclic) bond motifs is 1. The molecule has 4 N–H and O–H groups in total. The summed E-state index contributed by atoms with van der Waals surface area (Å²) >= 11 is 3.44. The molecule has 0 spiro atoms. The van der Waals surface area contributed by atoms with Crippen LogP contribution < -0.4 is 10.4 Å². The van der Waals surface area contributed by atoms with Gasteiger partial charge in [-0.3, -0.25) is 0 Å². The van der Waals surface area contributed by atoms with E-state index in [0.29, 0.717) is 16.8 Å². The van der Waals surface area contributed by atoms with Gasteiger partial charge in [0, 0.05) is 15.6 Å². The molecular weight excluding hydrogens is 418 g/mol. The average molecular weight is 435 g/mol. The van der Waals surface area contributed by atoms with Gasteiger partial charge in [0.15, 0.2) is 5.69 Å². The van der Waals surface area contributed by atoms with Gasteiger partial charge in [0.1, 0.15) is 22.8 Å². The summed E-state index contributed by atoms with van der Waals surface area (Å²) in [4.78, 5) is 4.50. The summed E-state index contributed by atoms with van der Waals surface area (Å²) in [6, 6.07) is 15.2. The monoisotopic (exact) mass is 434 g/mol. The highest BCUT2D eigenvalue weighted by Gasteiger charge is 2.29. The van der Waals surface area contributed by atoms with Crippen molar-refractivity contribution in [3.63, 3.8) is 0 Å². The lowest BCUT2D eigenvalue weighted by atomic mass is 9.96. The predicted molar refractivity (Wildman–Crippen MR) is 111 cm³/mol. The zero-order valence-corrected chi connectivity index (χ0v) is 16.9. The highest BCUT2D eigenvalue weighted by atomic mass is 79.9. The largest absolute Gasteiger partial charge is 0.507 e. The molecular formula is C21H17BrN5O+. The van der Waals surface area contributed by atoms with E-state index >= 15 is 0 Å². The van der Waals surface area contributed by atoms with Gasteiger partial charge in [-0.15, -0.1) is 4.68 Å². The van der Waals surface area contributed by atoms with Crippen molar-refractivity contribution >= 4 is 32.8 Å². The molecule has 138 valence electrons. The Kier molecular flexibility index (Phi) is 4.28. The first-order valence-electron chi connectivity index (χ1n) is 8.60. The van der Waals surface area contributed by atoms with Gasteiger partial charge in [0.2, 0.25) is 0 Å². The number of aromatic nitrogens is 3. The van der Waals surface area contributed by atoms with Crippen molar-refractivity contribution in [2.75, 3.05) is 5.73 Å². The van der Waals surface area contributed by atoms with E-state index in [2.05, 4.69) is 32.1 Å². The highest BCUT2D eigenvalue weighted by molar-refractivity contribution is 9.10. The molecule has 28 heavy (non-hydrogen) atoms. The second-order valence-corrected chi connectivity index (χ2v) is 7.54. The van der Waals surface area contributed by atoms with Gasteiger partial charge >= 0.3 is 5.65 Å². The van der Waals surface area contributed by atoms with Gasteiger partial charge in [-0.05, 0) is 49.2 Å². The molecule has 4 aromatic rings. The fourth-order valence-corrected chi connectivity index (χ4v) is 3.72. The fourth-order valence-electron chi connectivity index (χ4n) is 3.36. The first-order chi connectivity index (χ1) is 13.4. The van der Waals surface area contributed by atoms with Crippen LogP contribution in [0.2, 0.25) is 0 Å². The van der Waals surface area contributed by atoms with Crippen LogP contribution in [0.1, 0.15) is 16.8 Å². The third-order valence-corrected chi connectivity index (χ3v) is 5.20. The van der Waals surface area contributed by atoms with Gasteiger partial charge in [0.05, 0.1) is 5.69 Å². The van der Waals surface area contributed by atoms with Crippen LogP contribution in [0.5, 0.6) is 5.75 Å². The molecule has 4 rings (SSSR count). The number of aryl methyl sites for hydroxylation is 2. The maximum absolute atomic E-state index is 10.5. The number of nitrogens with one attached hydrogen (secondary N) is 1. The Morgan fingerprint density at radius 2 is 1.89 bits per heavy atom. The quantitative estimate of drug-likeness (QED) is 0.414. The molecule has 0 aliphatic heterocycles. The number of nitrogens with two attached hydrogens (primary N) is 1. The number of H-pyrrole nitrogens is 1. The molecule has 2 aromatic carbocycles. The maximum atomic E-state index is 10.5. The summed E-state index contributed by atoms with van der Waals surface area (Å²) in [6.07, 6.45) is 0. The van der Waals surface area contributed by atoms with Crippen molar-refractivity contribution in [2.24, 2.45) is 0 Å². The summed E-state index contributed by atoms with van der Waals surface area (Å²) in [7, 11) is 0. The molecule has 0 fully saturated rings. The van der Waals surface area contributed by atoms with Crippen LogP contribution in [0.15, 0.2) is 46.9 Å². The first kappa shape index (κ1) is 18.0. The van der Waals surface area contributed by atoms with E-state index in [9.17, 15) is 10.4 Å². The Morgan fingerprint density at radius 3 is 2.57 bits per heavy atom. The van der Waals surface area contributed by atoms with Gasteiger partial charge in [-0.2, -0.15) is 5.26 Å². The van der Waals surface area contributed by atoms with Crippen LogP contribution in [-0.2, 0) is 0 Å². The molecule has 0 amide bonds. The van der Waals surface area contributed by atoms with E-state index < -0.39 is 0 Å². The number of hydrogen-bond acceptors (Lipinski definition) is 4. The fraction of sp³-hybridized carbons (Fsp3) is 0.0952. The number of benzene rings is 2. The Morgan fingerprint density at radius 1 is 1.18 bits per heavy atom. The van der Waals surface area contributed by atoms with E-state index in [1.54, 1.807) is 18.2 Å². The number of nitrogens with zero attached hydrogens (tertiary/aromatic N) is 3. The third kappa shape index (κ3) is 2.79. The van der Waals surface area contributed by atoms with E-state index in [-0.39, 0.29) is 17.1 Å². The number of aromatic hydroxyl groups is 1. The zero-order chi connectivity index (χ0) is 20.0. The lowest BCUT2D eigenvalue weighted by Gasteiger charge is -2.08. The third-order valence-electron chi connectivity index (χ3n) is 4.70. The minimum Gasteiger partial charge on any atom is -0.507 e. The lowest BCUT2D eigenvalue weighted by molar-refractivity contribution is -0.632. The molecule has 0 radical (unpaired) electrons. The van der Waals surface area contributed by atoms with Gasteiger partial charge in [-0.1, -0.05) is 33.6 Å². The topological polar surface area (TPSA) is 103 Å². The SMILES string of the molecule is Cc1ccc(-[n+]2[nH]c(C)c3c(-c4cc(Br)ccc4O)c(C#N)c(N)nc32)cc1. The lowest BCUT2D eigenvalue weighted by Crippen LogP contribution is -2.33. The minimum absolute atomic E-state index is 0.0640. The minimum atomic E-state index is 0.0640. The standard InChI is InChI=1S/C21H16BrN5O/c1-11-3-6-14(7-4-11)27-21-18(12(2)26-27)19(16(10-23)20(24)25-21)15-9-13(22)5-8-17(15)28/h3-9H,1-2H3,(H3,24,25,26,28)/p+1. The van der Waals surface area contributed by atoms with Crippen LogP contribution in [0.4, 0.5) is 5.82 Å². The van der Waals surface area contributed by atoms with Crippen molar-refractivity contribution in [3.8, 4) is 28.6 Å². The van der Waals surface area contributed by atoms with Gasteiger partial charge in [0.25, 0.3) is 5.82 Å². The molecule has 7 heteroatoms. The number of phenolic OH excluding ortho intramolecular Hbond substituents is 1. The molecule has 0 saturated heterocycles. The molecule has 0 saturated carbocycles. The van der Waals surface area contributed by atoms with Crippen LogP contribution in [0.3, 0.4) is 0 Å². The summed E-state index contributed by atoms with van der Waals surface area (Å²) < 4.78 is 2.62. The smallest absolute Gasteiger partial charge is 0.359 e.